The lowest BCUT2D eigenvalue weighted by Gasteiger charge is -2.26. The highest BCUT2D eigenvalue weighted by atomic mass is 79.9. The lowest BCUT2D eigenvalue weighted by molar-refractivity contribution is -0.137. The first kappa shape index (κ1) is 15.3. The van der Waals surface area contributed by atoms with Gasteiger partial charge in [-0.05, 0) is 40.8 Å². The lowest BCUT2D eigenvalue weighted by Crippen LogP contribution is -2.44. The van der Waals surface area contributed by atoms with Crippen molar-refractivity contribution in [2.45, 2.75) is 19.4 Å². The normalized spacial score (nSPS) is 14.1. The molecule has 7 heteroatoms. The molecule has 0 atom stereocenters. The molecule has 0 unspecified atom stereocenters. The third-order valence-electron chi connectivity index (χ3n) is 3.11. The molecule has 2 rings (SSSR count). The average molecular weight is 361 g/mol. The Morgan fingerprint density at radius 2 is 2.20 bits per heavy atom. The molecule has 1 heterocycles. The zero-order valence-corrected chi connectivity index (χ0v) is 13.6. The second kappa shape index (κ2) is 6.58. The van der Waals surface area contributed by atoms with Crippen LogP contribution in [0, 0.1) is 5.92 Å². The fourth-order valence-electron chi connectivity index (χ4n) is 1.97. The fourth-order valence-corrected chi connectivity index (χ4v) is 3.47. The second-order valence-corrected chi connectivity index (χ2v) is 7.00. The minimum absolute atomic E-state index is 0.219. The van der Waals surface area contributed by atoms with E-state index in [4.69, 9.17) is 5.11 Å². The molecule has 0 saturated heterocycles. The maximum Gasteiger partial charge on any atom is 0.323 e. The number of rotatable bonds is 6. The van der Waals surface area contributed by atoms with Crippen molar-refractivity contribution in [3.05, 3.63) is 20.8 Å². The molecule has 1 aromatic rings. The van der Waals surface area contributed by atoms with Gasteiger partial charge >= 0.3 is 12.0 Å². The first-order valence-electron chi connectivity index (χ1n) is 6.40. The molecule has 1 saturated carbocycles. The minimum atomic E-state index is -0.966. The van der Waals surface area contributed by atoms with Crippen LogP contribution in [0.1, 0.15) is 17.7 Å². The summed E-state index contributed by atoms with van der Waals surface area (Å²) in [6, 6.07) is 1.75. The first-order chi connectivity index (χ1) is 9.45. The third kappa shape index (κ3) is 4.49. The third-order valence-corrected chi connectivity index (χ3v) is 4.80. The van der Waals surface area contributed by atoms with Crippen LogP contribution in [0.3, 0.4) is 0 Å². The van der Waals surface area contributed by atoms with Gasteiger partial charge in [0.15, 0.2) is 0 Å². The Balaban J connectivity index is 1.95. The van der Waals surface area contributed by atoms with E-state index >= 15 is 0 Å². The number of nitrogens with zero attached hydrogens (tertiary/aromatic N) is 2. The Bertz CT molecular complexity index is 502. The molecule has 2 amide bonds. The number of carboxylic acids is 1. The Labute approximate surface area is 130 Å². The second-order valence-electron chi connectivity index (χ2n) is 5.09. The van der Waals surface area contributed by atoms with Gasteiger partial charge in [-0.3, -0.25) is 4.79 Å². The molecular weight excluding hydrogens is 344 g/mol. The van der Waals surface area contributed by atoms with Gasteiger partial charge in [-0.25, -0.2) is 4.79 Å². The SMILES string of the molecule is CN(Cc1cc(Br)cs1)C(=O)N(CC(=O)O)CC1CC1. The van der Waals surface area contributed by atoms with E-state index < -0.39 is 5.97 Å². The van der Waals surface area contributed by atoms with Gasteiger partial charge in [-0.15, -0.1) is 11.3 Å². The number of carbonyl (C=O) groups excluding carboxylic acids is 1. The van der Waals surface area contributed by atoms with Crippen LogP contribution in [-0.2, 0) is 11.3 Å². The van der Waals surface area contributed by atoms with Gasteiger partial charge < -0.3 is 14.9 Å². The number of hydrogen-bond donors (Lipinski definition) is 1. The van der Waals surface area contributed by atoms with Gasteiger partial charge in [0.25, 0.3) is 0 Å². The van der Waals surface area contributed by atoms with E-state index in [1.165, 1.54) is 4.90 Å². The van der Waals surface area contributed by atoms with E-state index in [9.17, 15) is 9.59 Å². The predicted molar refractivity (Wildman–Crippen MR) is 80.8 cm³/mol. The molecule has 5 nitrogen and oxygen atoms in total. The summed E-state index contributed by atoms with van der Waals surface area (Å²) >= 11 is 4.95. The number of carboxylic acid groups (broad SMARTS) is 1. The van der Waals surface area contributed by atoms with Gasteiger partial charge in [-0.2, -0.15) is 0 Å². The molecular formula is C13H17BrN2O3S. The van der Waals surface area contributed by atoms with Crippen LogP contribution in [-0.4, -0.2) is 47.0 Å². The molecule has 0 spiro atoms. The van der Waals surface area contributed by atoms with Gasteiger partial charge in [0.2, 0.25) is 0 Å². The molecule has 0 aromatic carbocycles. The Kier molecular flexibility index (Phi) is 5.04. The van der Waals surface area contributed by atoms with E-state index in [2.05, 4.69) is 15.9 Å². The van der Waals surface area contributed by atoms with E-state index in [0.717, 1.165) is 22.2 Å². The standard InChI is InChI=1S/C13H17BrN2O3S/c1-15(6-11-4-10(14)8-20-11)13(19)16(7-12(17)18)5-9-2-3-9/h4,8-9H,2-3,5-7H2,1H3,(H,17,18). The Morgan fingerprint density at radius 1 is 1.50 bits per heavy atom. The van der Waals surface area contributed by atoms with Crippen molar-refractivity contribution >= 4 is 39.3 Å². The average Bonchev–Trinajstić information content (AvgIpc) is 3.09. The number of aliphatic carboxylic acids is 1. The summed E-state index contributed by atoms with van der Waals surface area (Å²) in [5.74, 6) is -0.492. The Morgan fingerprint density at radius 3 is 2.70 bits per heavy atom. The highest BCUT2D eigenvalue weighted by Crippen LogP contribution is 2.30. The van der Waals surface area contributed by atoms with Crippen LogP contribution in [0.4, 0.5) is 4.79 Å². The molecule has 1 aromatic heterocycles. The largest absolute Gasteiger partial charge is 0.480 e. The molecule has 1 aliphatic carbocycles. The quantitative estimate of drug-likeness (QED) is 0.848. The molecule has 1 fully saturated rings. The fraction of sp³-hybridized carbons (Fsp3) is 0.538. The van der Waals surface area contributed by atoms with E-state index in [1.807, 2.05) is 11.4 Å². The lowest BCUT2D eigenvalue weighted by atomic mass is 10.3. The van der Waals surface area contributed by atoms with Crippen LogP contribution >= 0.6 is 27.3 Å². The van der Waals surface area contributed by atoms with Crippen LogP contribution in [0.25, 0.3) is 0 Å². The predicted octanol–water partition coefficient (Wildman–Crippen LogP) is 2.86. The van der Waals surface area contributed by atoms with Gasteiger partial charge in [0.1, 0.15) is 6.54 Å². The maximum absolute atomic E-state index is 12.3. The first-order valence-corrected chi connectivity index (χ1v) is 8.07. The summed E-state index contributed by atoms with van der Waals surface area (Å²) in [4.78, 5) is 27.3. The number of halogens is 1. The number of urea groups is 1. The van der Waals surface area contributed by atoms with Gasteiger partial charge in [-0.1, -0.05) is 0 Å². The van der Waals surface area contributed by atoms with E-state index in [1.54, 1.807) is 23.3 Å². The van der Waals surface area contributed by atoms with Crippen molar-refractivity contribution < 1.29 is 14.7 Å². The molecule has 0 aliphatic heterocycles. The topological polar surface area (TPSA) is 60.9 Å². The van der Waals surface area contributed by atoms with Crippen molar-refractivity contribution in [1.29, 1.82) is 0 Å². The zero-order chi connectivity index (χ0) is 14.7. The number of hydrogen-bond acceptors (Lipinski definition) is 3. The van der Waals surface area contributed by atoms with Crippen molar-refractivity contribution in [1.82, 2.24) is 9.80 Å². The minimum Gasteiger partial charge on any atom is -0.480 e. The van der Waals surface area contributed by atoms with Crippen molar-refractivity contribution in [2.75, 3.05) is 20.1 Å². The summed E-state index contributed by atoms with van der Waals surface area (Å²) in [5, 5.41) is 10.9. The van der Waals surface area contributed by atoms with E-state index in [-0.39, 0.29) is 12.6 Å². The monoisotopic (exact) mass is 360 g/mol. The van der Waals surface area contributed by atoms with Crippen LogP contribution in [0.2, 0.25) is 0 Å². The van der Waals surface area contributed by atoms with Gasteiger partial charge in [0, 0.05) is 28.3 Å². The summed E-state index contributed by atoms with van der Waals surface area (Å²) in [6.45, 7) is 0.813. The number of thiophene rings is 1. The Hall–Kier alpha value is -1.08. The number of carbonyl (C=O) groups is 2. The van der Waals surface area contributed by atoms with Crippen molar-refractivity contribution in [2.24, 2.45) is 5.92 Å². The summed E-state index contributed by atoms with van der Waals surface area (Å²) in [6.07, 6.45) is 2.18. The van der Waals surface area contributed by atoms with Crippen LogP contribution in [0.5, 0.6) is 0 Å². The molecule has 110 valence electrons. The van der Waals surface area contributed by atoms with Crippen LogP contribution in [0.15, 0.2) is 15.9 Å². The zero-order valence-electron chi connectivity index (χ0n) is 11.2. The smallest absolute Gasteiger partial charge is 0.323 e. The maximum atomic E-state index is 12.3. The molecule has 0 radical (unpaired) electrons. The van der Waals surface area contributed by atoms with Gasteiger partial charge in [0.05, 0.1) is 6.54 Å². The molecule has 0 bridgehead atoms. The van der Waals surface area contributed by atoms with Crippen molar-refractivity contribution in [3.63, 3.8) is 0 Å². The van der Waals surface area contributed by atoms with Crippen LogP contribution < -0.4 is 0 Å². The highest BCUT2D eigenvalue weighted by Gasteiger charge is 2.29. The van der Waals surface area contributed by atoms with Crippen molar-refractivity contribution in [3.8, 4) is 0 Å². The molecule has 20 heavy (non-hydrogen) atoms. The molecule has 1 aliphatic rings. The summed E-state index contributed by atoms with van der Waals surface area (Å²) in [5.41, 5.74) is 0. The highest BCUT2D eigenvalue weighted by molar-refractivity contribution is 9.10. The summed E-state index contributed by atoms with van der Waals surface area (Å²) in [7, 11) is 1.71. The number of amides is 2. The molecule has 1 N–H and O–H groups in total. The van der Waals surface area contributed by atoms with E-state index in [0.29, 0.717) is 19.0 Å². The summed E-state index contributed by atoms with van der Waals surface area (Å²) < 4.78 is 0.999.